The third-order valence-corrected chi connectivity index (χ3v) is 7.25. The van der Waals surface area contributed by atoms with E-state index in [1.165, 1.54) is 32.1 Å². The molecule has 1 amide bonds. The molecule has 0 saturated heterocycles. The number of ether oxygens (including phenoxy) is 2. The monoisotopic (exact) mass is 522 g/mol. The van der Waals surface area contributed by atoms with Gasteiger partial charge in [0.25, 0.3) is 0 Å². The highest BCUT2D eigenvalue weighted by Gasteiger charge is 2.27. The third-order valence-electron chi connectivity index (χ3n) is 7.25. The first-order valence-corrected chi connectivity index (χ1v) is 14.0. The fraction of sp³-hybridized carbons (Fsp3) is 0.586. The van der Waals surface area contributed by atoms with E-state index in [0.29, 0.717) is 30.0 Å². The van der Waals surface area contributed by atoms with E-state index in [9.17, 15) is 4.79 Å². The molecule has 1 aromatic carbocycles. The van der Waals surface area contributed by atoms with Crippen LogP contribution in [-0.4, -0.2) is 38.6 Å². The SMILES string of the molecule is CCCCCCCC(=O)NC(C)(C)c1nc2c([nH]1)c(=N)ncn2Cc1ccc(OC)c(OC2CCCC2)c1. The largest absolute Gasteiger partial charge is 0.493 e. The summed E-state index contributed by atoms with van der Waals surface area (Å²) < 4.78 is 13.7. The minimum atomic E-state index is -0.716. The molecule has 1 aliphatic carbocycles. The first-order valence-electron chi connectivity index (χ1n) is 14.0. The molecule has 1 fully saturated rings. The molecule has 0 unspecified atom stereocenters. The highest BCUT2D eigenvalue weighted by atomic mass is 16.5. The molecule has 9 nitrogen and oxygen atoms in total. The number of carbonyl (C=O) groups excluding carboxylic acids is 1. The Labute approximate surface area is 224 Å². The molecular formula is C29H42N6O3. The summed E-state index contributed by atoms with van der Waals surface area (Å²) >= 11 is 0. The average molecular weight is 523 g/mol. The number of nitrogens with zero attached hydrogens (tertiary/aromatic N) is 3. The molecule has 2 heterocycles. The lowest BCUT2D eigenvalue weighted by Crippen LogP contribution is -2.41. The Hall–Kier alpha value is -3.36. The molecule has 9 heteroatoms. The van der Waals surface area contributed by atoms with E-state index in [1.807, 2.05) is 36.6 Å². The van der Waals surface area contributed by atoms with Crippen molar-refractivity contribution in [3.8, 4) is 11.5 Å². The van der Waals surface area contributed by atoms with E-state index in [2.05, 4.69) is 22.2 Å². The average Bonchev–Trinajstić information content (AvgIpc) is 3.57. The number of rotatable bonds is 13. The van der Waals surface area contributed by atoms with Gasteiger partial charge in [0, 0.05) is 6.42 Å². The number of unbranched alkanes of at least 4 members (excludes halogenated alkanes) is 4. The zero-order chi connectivity index (χ0) is 27.1. The van der Waals surface area contributed by atoms with Gasteiger partial charge in [-0.25, -0.2) is 9.97 Å². The number of aromatic nitrogens is 4. The van der Waals surface area contributed by atoms with Crippen LogP contribution in [0.1, 0.15) is 96.4 Å². The Balaban J connectivity index is 1.52. The summed E-state index contributed by atoms with van der Waals surface area (Å²) in [7, 11) is 1.66. The molecule has 1 aliphatic rings. The lowest BCUT2D eigenvalue weighted by atomic mass is 10.0. The number of amides is 1. The van der Waals surface area contributed by atoms with Gasteiger partial charge in [0.05, 0.1) is 31.6 Å². The Morgan fingerprint density at radius 2 is 1.95 bits per heavy atom. The van der Waals surface area contributed by atoms with Crippen molar-refractivity contribution in [1.82, 2.24) is 24.8 Å². The summed E-state index contributed by atoms with van der Waals surface area (Å²) in [6.45, 7) is 6.54. The van der Waals surface area contributed by atoms with Crippen molar-refractivity contribution in [3.63, 3.8) is 0 Å². The van der Waals surface area contributed by atoms with Crippen LogP contribution in [0.15, 0.2) is 24.5 Å². The number of H-pyrrole nitrogens is 1. The van der Waals surface area contributed by atoms with Gasteiger partial charge in [0.1, 0.15) is 11.3 Å². The van der Waals surface area contributed by atoms with Crippen molar-refractivity contribution < 1.29 is 14.3 Å². The van der Waals surface area contributed by atoms with Gasteiger partial charge in [-0.1, -0.05) is 38.7 Å². The molecule has 4 rings (SSSR count). The number of nitrogens with one attached hydrogen (secondary N) is 3. The van der Waals surface area contributed by atoms with Gasteiger partial charge in [-0.3, -0.25) is 10.2 Å². The lowest BCUT2D eigenvalue weighted by Gasteiger charge is -2.24. The van der Waals surface area contributed by atoms with Gasteiger partial charge >= 0.3 is 0 Å². The van der Waals surface area contributed by atoms with Crippen LogP contribution >= 0.6 is 0 Å². The number of fused-ring (bicyclic) bond motifs is 1. The Morgan fingerprint density at radius 3 is 2.68 bits per heavy atom. The standard InChI is InChI=1S/C29H42N6O3/c1-5-6-7-8-9-14-24(36)34-29(2,3)28-32-25-26(30)31-19-35(27(25)33-28)18-20-15-16-22(37-4)23(17-20)38-21-12-10-11-13-21/h15-17,19,21,30H,5-14,18H2,1-4H3,(H,32,33)(H,34,36). The second-order valence-corrected chi connectivity index (χ2v) is 10.9. The highest BCUT2D eigenvalue weighted by Crippen LogP contribution is 2.33. The normalized spacial score (nSPS) is 14.2. The van der Waals surface area contributed by atoms with Crippen molar-refractivity contribution in [3.05, 3.63) is 41.4 Å². The first-order chi connectivity index (χ1) is 18.3. The predicted molar refractivity (Wildman–Crippen MR) is 147 cm³/mol. The van der Waals surface area contributed by atoms with Gasteiger partial charge in [0.15, 0.2) is 22.6 Å². The number of methoxy groups -OCH3 is 1. The van der Waals surface area contributed by atoms with Crippen molar-refractivity contribution in [1.29, 1.82) is 5.41 Å². The minimum Gasteiger partial charge on any atom is -0.493 e. The molecule has 2 aromatic heterocycles. The topological polar surface area (TPSA) is 118 Å². The third kappa shape index (κ3) is 6.74. The van der Waals surface area contributed by atoms with Gasteiger partial charge in [0.2, 0.25) is 5.91 Å². The van der Waals surface area contributed by atoms with Crippen LogP contribution in [0.2, 0.25) is 0 Å². The highest BCUT2D eigenvalue weighted by molar-refractivity contribution is 5.77. The quantitative estimate of drug-likeness (QED) is 0.262. The summed E-state index contributed by atoms with van der Waals surface area (Å²) in [5, 5.41) is 11.5. The van der Waals surface area contributed by atoms with E-state index in [0.717, 1.165) is 42.7 Å². The summed E-state index contributed by atoms with van der Waals surface area (Å²) in [4.78, 5) is 25.0. The molecule has 0 aliphatic heterocycles. The lowest BCUT2D eigenvalue weighted by molar-refractivity contribution is -0.123. The van der Waals surface area contributed by atoms with Gasteiger partial charge < -0.3 is 24.3 Å². The van der Waals surface area contributed by atoms with E-state index in [1.54, 1.807) is 13.4 Å². The molecule has 3 aromatic rings. The molecule has 0 bridgehead atoms. The molecule has 0 radical (unpaired) electrons. The fourth-order valence-electron chi connectivity index (χ4n) is 5.05. The van der Waals surface area contributed by atoms with Crippen LogP contribution in [0.5, 0.6) is 11.5 Å². The summed E-state index contributed by atoms with van der Waals surface area (Å²) in [6.07, 6.45) is 12.4. The van der Waals surface area contributed by atoms with Gasteiger partial charge in [-0.2, -0.15) is 0 Å². The van der Waals surface area contributed by atoms with Crippen LogP contribution in [-0.2, 0) is 16.9 Å². The van der Waals surface area contributed by atoms with Crippen molar-refractivity contribution in [2.24, 2.45) is 0 Å². The summed E-state index contributed by atoms with van der Waals surface area (Å²) in [5.74, 6) is 2.08. The van der Waals surface area contributed by atoms with Gasteiger partial charge in [-0.15, -0.1) is 0 Å². The molecule has 206 valence electrons. The molecule has 3 N–H and O–H groups in total. The van der Waals surface area contributed by atoms with Crippen molar-refractivity contribution >= 4 is 17.1 Å². The number of imidazole rings is 1. The summed E-state index contributed by atoms with van der Waals surface area (Å²) in [6, 6.07) is 5.95. The maximum absolute atomic E-state index is 12.6. The van der Waals surface area contributed by atoms with Crippen LogP contribution < -0.4 is 20.3 Å². The van der Waals surface area contributed by atoms with Crippen molar-refractivity contribution in [2.45, 2.75) is 103 Å². The Morgan fingerprint density at radius 1 is 1.18 bits per heavy atom. The smallest absolute Gasteiger partial charge is 0.220 e. The molecule has 1 saturated carbocycles. The minimum absolute atomic E-state index is 0.0112. The van der Waals surface area contributed by atoms with Crippen LogP contribution in [0.3, 0.4) is 0 Å². The van der Waals surface area contributed by atoms with E-state index in [-0.39, 0.29) is 17.5 Å². The predicted octanol–water partition coefficient (Wildman–Crippen LogP) is 5.33. The van der Waals surface area contributed by atoms with Gasteiger partial charge in [-0.05, 0) is 63.6 Å². The number of carbonyl (C=O) groups is 1. The first kappa shape index (κ1) is 27.7. The molecular weight excluding hydrogens is 480 g/mol. The second kappa shape index (κ2) is 12.5. The van der Waals surface area contributed by atoms with E-state index in [4.69, 9.17) is 19.9 Å². The maximum Gasteiger partial charge on any atom is 0.220 e. The van der Waals surface area contributed by atoms with E-state index >= 15 is 0 Å². The van der Waals surface area contributed by atoms with Crippen LogP contribution in [0.25, 0.3) is 11.2 Å². The fourth-order valence-corrected chi connectivity index (χ4v) is 5.05. The number of hydrogen-bond acceptors (Lipinski definition) is 6. The van der Waals surface area contributed by atoms with Crippen LogP contribution in [0.4, 0.5) is 0 Å². The number of aromatic amines is 1. The Bertz CT molecular complexity index is 1290. The zero-order valence-electron chi connectivity index (χ0n) is 23.2. The second-order valence-electron chi connectivity index (χ2n) is 10.9. The molecule has 0 atom stereocenters. The maximum atomic E-state index is 12.6. The molecule has 0 spiro atoms. The van der Waals surface area contributed by atoms with Crippen molar-refractivity contribution in [2.75, 3.05) is 7.11 Å². The van der Waals surface area contributed by atoms with Crippen LogP contribution in [0, 0.1) is 5.41 Å². The number of benzene rings is 1. The Kier molecular flexibility index (Phi) is 9.07. The summed E-state index contributed by atoms with van der Waals surface area (Å²) in [5.41, 5.74) is 1.58. The zero-order valence-corrected chi connectivity index (χ0v) is 23.2. The number of hydrogen-bond donors (Lipinski definition) is 3. The van der Waals surface area contributed by atoms with E-state index < -0.39 is 5.54 Å². The molecule has 38 heavy (non-hydrogen) atoms.